The maximum Gasteiger partial charge on any atom is 0.263 e. The van der Waals surface area contributed by atoms with Crippen LogP contribution in [0.2, 0.25) is 5.02 Å². The maximum absolute atomic E-state index is 13.8. The third kappa shape index (κ3) is 2.84. The van der Waals surface area contributed by atoms with Gasteiger partial charge in [-0.1, -0.05) is 17.7 Å². The van der Waals surface area contributed by atoms with Gasteiger partial charge in [0.05, 0.1) is 24.3 Å². The Morgan fingerprint density at radius 1 is 1.55 bits per heavy atom. The molecule has 1 aromatic heterocycles. The number of nitrogens with one attached hydrogen (secondary N) is 1. The van der Waals surface area contributed by atoms with Crippen molar-refractivity contribution in [2.75, 3.05) is 19.8 Å². The number of fused-ring (bicyclic) bond motifs is 1. The van der Waals surface area contributed by atoms with Crippen molar-refractivity contribution < 1.29 is 18.7 Å². The third-order valence-electron chi connectivity index (χ3n) is 3.54. The molecule has 0 unspecified atom stereocenters. The highest BCUT2D eigenvalue weighted by atomic mass is 35.5. The van der Waals surface area contributed by atoms with Crippen LogP contribution < -0.4 is 5.32 Å². The number of ether oxygens (including phenoxy) is 2. The molecule has 1 aliphatic rings. The number of benzene rings is 1. The number of carbonyl (C=O) groups is 1. The lowest BCUT2D eigenvalue weighted by molar-refractivity contribution is 0.0403. The summed E-state index contributed by atoms with van der Waals surface area (Å²) < 4.78 is 25.4. The van der Waals surface area contributed by atoms with Gasteiger partial charge in [0.15, 0.2) is 0 Å². The van der Waals surface area contributed by atoms with Crippen molar-refractivity contribution in [1.82, 2.24) is 5.32 Å². The molecule has 0 spiro atoms. The average molecular weight is 344 g/mol. The number of hydrogen-bond donors (Lipinski definition) is 1. The second kappa shape index (κ2) is 6.50. The Morgan fingerprint density at radius 2 is 2.36 bits per heavy atom. The molecule has 2 atom stereocenters. The Bertz CT molecular complexity index is 705. The molecule has 0 aliphatic carbocycles. The monoisotopic (exact) mass is 343 g/mol. The van der Waals surface area contributed by atoms with Gasteiger partial charge in [-0.15, -0.1) is 11.3 Å². The quantitative estimate of drug-likeness (QED) is 0.927. The Morgan fingerprint density at radius 3 is 3.09 bits per heavy atom. The van der Waals surface area contributed by atoms with Crippen molar-refractivity contribution in [1.29, 1.82) is 0 Å². The number of thiophene rings is 1. The highest BCUT2D eigenvalue weighted by molar-refractivity contribution is 7.21. The molecule has 1 saturated heterocycles. The molecule has 3 rings (SSSR count). The van der Waals surface area contributed by atoms with E-state index in [0.29, 0.717) is 34.8 Å². The second-order valence-corrected chi connectivity index (χ2v) is 6.40. The van der Waals surface area contributed by atoms with E-state index in [0.717, 1.165) is 0 Å². The van der Waals surface area contributed by atoms with E-state index in [1.807, 2.05) is 6.92 Å². The minimum Gasteiger partial charge on any atom is -0.376 e. The Labute approximate surface area is 136 Å². The van der Waals surface area contributed by atoms with Crippen molar-refractivity contribution >= 4 is 38.9 Å². The molecule has 0 radical (unpaired) electrons. The predicted molar refractivity (Wildman–Crippen MR) is 84.3 cm³/mol. The molecule has 118 valence electrons. The van der Waals surface area contributed by atoms with Gasteiger partial charge in [0.1, 0.15) is 16.8 Å². The van der Waals surface area contributed by atoms with E-state index in [9.17, 15) is 9.18 Å². The third-order valence-corrected chi connectivity index (χ3v) is 5.18. The average Bonchev–Trinajstić information content (AvgIpc) is 3.05. The van der Waals surface area contributed by atoms with Gasteiger partial charge in [0, 0.05) is 16.7 Å². The molecule has 4 nitrogen and oxygen atoms in total. The van der Waals surface area contributed by atoms with Crippen LogP contribution in [0.4, 0.5) is 4.39 Å². The van der Waals surface area contributed by atoms with Crippen LogP contribution in [-0.4, -0.2) is 37.9 Å². The first-order chi connectivity index (χ1) is 10.6. The molecular weight excluding hydrogens is 329 g/mol. The summed E-state index contributed by atoms with van der Waals surface area (Å²) in [6.45, 7) is 3.29. The van der Waals surface area contributed by atoms with E-state index < -0.39 is 5.82 Å². The zero-order valence-electron chi connectivity index (χ0n) is 11.9. The van der Waals surface area contributed by atoms with Crippen LogP contribution in [0.3, 0.4) is 0 Å². The van der Waals surface area contributed by atoms with Crippen LogP contribution in [0, 0.1) is 5.82 Å². The van der Waals surface area contributed by atoms with Crippen LogP contribution in [0.1, 0.15) is 16.6 Å². The van der Waals surface area contributed by atoms with Crippen molar-refractivity contribution in [2.45, 2.75) is 19.1 Å². The van der Waals surface area contributed by atoms with E-state index in [1.54, 1.807) is 12.1 Å². The fourth-order valence-corrected chi connectivity index (χ4v) is 3.96. The zero-order chi connectivity index (χ0) is 15.7. The van der Waals surface area contributed by atoms with Crippen LogP contribution in [-0.2, 0) is 9.47 Å². The molecule has 7 heteroatoms. The molecule has 1 N–H and O–H groups in total. The van der Waals surface area contributed by atoms with Crippen molar-refractivity contribution in [2.24, 2.45) is 0 Å². The first-order valence-corrected chi connectivity index (χ1v) is 8.18. The number of rotatable bonds is 4. The van der Waals surface area contributed by atoms with Gasteiger partial charge < -0.3 is 14.8 Å². The van der Waals surface area contributed by atoms with Gasteiger partial charge in [-0.3, -0.25) is 4.79 Å². The molecule has 2 aromatic rings. The molecule has 22 heavy (non-hydrogen) atoms. The van der Waals surface area contributed by atoms with Gasteiger partial charge >= 0.3 is 0 Å². The largest absolute Gasteiger partial charge is 0.376 e. The van der Waals surface area contributed by atoms with Gasteiger partial charge in [-0.05, 0) is 19.1 Å². The number of amides is 1. The highest BCUT2D eigenvalue weighted by Gasteiger charge is 2.31. The Kier molecular flexibility index (Phi) is 4.63. The summed E-state index contributed by atoms with van der Waals surface area (Å²) in [7, 11) is 0. The van der Waals surface area contributed by atoms with E-state index in [-0.39, 0.29) is 23.1 Å². The van der Waals surface area contributed by atoms with E-state index in [2.05, 4.69) is 5.32 Å². The minimum atomic E-state index is -0.422. The SMILES string of the molecule is CCO[C@H]1COC[C@@H]1NC(=O)c1sc2cccc(F)c2c1Cl. The van der Waals surface area contributed by atoms with Crippen LogP contribution in [0.25, 0.3) is 10.1 Å². The second-order valence-electron chi connectivity index (χ2n) is 4.97. The maximum atomic E-state index is 13.8. The molecule has 1 fully saturated rings. The molecule has 1 amide bonds. The normalized spacial score (nSPS) is 21.4. The summed E-state index contributed by atoms with van der Waals surface area (Å²) in [6, 6.07) is 4.45. The Hall–Kier alpha value is -1.21. The lowest BCUT2D eigenvalue weighted by Gasteiger charge is -2.18. The predicted octanol–water partition coefficient (Wildman–Crippen LogP) is 3.23. The first-order valence-electron chi connectivity index (χ1n) is 6.98. The molecule has 0 bridgehead atoms. The Balaban J connectivity index is 1.83. The van der Waals surface area contributed by atoms with Gasteiger partial charge in [0.2, 0.25) is 0 Å². The van der Waals surface area contributed by atoms with Gasteiger partial charge in [0.25, 0.3) is 5.91 Å². The van der Waals surface area contributed by atoms with Gasteiger partial charge in [-0.25, -0.2) is 4.39 Å². The fourth-order valence-electron chi connectivity index (χ4n) is 2.50. The van der Waals surface area contributed by atoms with Crippen molar-refractivity contribution in [3.05, 3.63) is 33.9 Å². The van der Waals surface area contributed by atoms with Crippen LogP contribution in [0.15, 0.2) is 18.2 Å². The van der Waals surface area contributed by atoms with E-state index in [4.69, 9.17) is 21.1 Å². The molecule has 0 saturated carbocycles. The first kappa shape index (κ1) is 15.7. The minimum absolute atomic E-state index is 0.155. The summed E-state index contributed by atoms with van der Waals surface area (Å²) in [5.41, 5.74) is 0. The standard InChI is InChI=1S/C15H15ClFNO3S/c1-2-21-10-7-20-6-9(10)18-15(19)14-13(16)12-8(17)4-3-5-11(12)22-14/h3-5,9-10H,2,6-7H2,1H3,(H,18,19)/t9-,10-/m0/s1. The zero-order valence-corrected chi connectivity index (χ0v) is 13.5. The summed E-state index contributed by atoms with van der Waals surface area (Å²) >= 11 is 7.37. The van der Waals surface area contributed by atoms with Crippen LogP contribution in [0.5, 0.6) is 0 Å². The fraction of sp³-hybridized carbons (Fsp3) is 0.400. The van der Waals surface area contributed by atoms with Crippen molar-refractivity contribution in [3.8, 4) is 0 Å². The summed E-state index contributed by atoms with van der Waals surface area (Å²) in [4.78, 5) is 12.7. The number of hydrogen-bond acceptors (Lipinski definition) is 4. The van der Waals surface area contributed by atoms with E-state index >= 15 is 0 Å². The van der Waals surface area contributed by atoms with E-state index in [1.165, 1.54) is 17.4 Å². The molecule has 1 aliphatic heterocycles. The highest BCUT2D eigenvalue weighted by Crippen LogP contribution is 2.36. The van der Waals surface area contributed by atoms with Crippen LogP contribution >= 0.6 is 22.9 Å². The molecular formula is C15H15ClFNO3S. The summed E-state index contributed by atoms with van der Waals surface area (Å²) in [5.74, 6) is -0.750. The van der Waals surface area contributed by atoms with Crippen molar-refractivity contribution in [3.63, 3.8) is 0 Å². The molecule has 2 heterocycles. The summed E-state index contributed by atoms with van der Waals surface area (Å²) in [6.07, 6.45) is -0.168. The topological polar surface area (TPSA) is 47.6 Å². The van der Waals surface area contributed by atoms with Gasteiger partial charge in [-0.2, -0.15) is 0 Å². The lowest BCUT2D eigenvalue weighted by atomic mass is 10.2. The smallest absolute Gasteiger partial charge is 0.263 e. The molecule has 1 aromatic carbocycles. The summed E-state index contributed by atoms with van der Waals surface area (Å²) in [5, 5.41) is 3.32. The number of carbonyl (C=O) groups excluding carboxylic acids is 1. The lowest BCUT2D eigenvalue weighted by Crippen LogP contribution is -2.43. The number of halogens is 2.